The topological polar surface area (TPSA) is 111 Å². The van der Waals surface area contributed by atoms with Gasteiger partial charge in [-0.25, -0.2) is 9.97 Å². The van der Waals surface area contributed by atoms with Gasteiger partial charge < -0.3 is 24.1 Å². The molecule has 2 aliphatic rings. The van der Waals surface area contributed by atoms with Crippen molar-refractivity contribution >= 4 is 34.3 Å². The van der Waals surface area contributed by atoms with E-state index >= 15 is 0 Å². The highest BCUT2D eigenvalue weighted by atomic mass is 16.5. The predicted molar refractivity (Wildman–Crippen MR) is 134 cm³/mol. The van der Waals surface area contributed by atoms with Crippen molar-refractivity contribution in [3.8, 4) is 0 Å². The molecule has 5 rings (SSSR count). The molecule has 10 nitrogen and oxygen atoms in total. The molecule has 3 heterocycles. The summed E-state index contributed by atoms with van der Waals surface area (Å²) in [5, 5.41) is 2.82. The summed E-state index contributed by atoms with van der Waals surface area (Å²) in [6.07, 6.45) is 8.16. The number of piperidine rings is 1. The second-order valence-corrected chi connectivity index (χ2v) is 9.85. The molecule has 1 saturated heterocycles. The standard InChI is InChI=1S/C26H32N6O4/c1-30-11-9-27-25(30)23(34)17-8-5-10-32(14-17)26(35)19-12-18(28-21(33)15-36-3)13-20-22(19)31(2)24(29-20)16-6-4-7-16/h9,11-13,16-17H,4-8,10,14-15H2,1-3H3,(H,28,33). The molecule has 10 heteroatoms. The molecule has 1 unspecified atom stereocenters. The molecule has 0 bridgehead atoms. The van der Waals surface area contributed by atoms with Crippen molar-refractivity contribution in [3.63, 3.8) is 0 Å². The number of rotatable bonds is 7. The number of fused-ring (bicyclic) bond motifs is 1. The van der Waals surface area contributed by atoms with Gasteiger partial charge in [-0.1, -0.05) is 6.42 Å². The molecule has 36 heavy (non-hydrogen) atoms. The van der Waals surface area contributed by atoms with Gasteiger partial charge in [-0.2, -0.15) is 0 Å². The van der Waals surface area contributed by atoms with Crippen LogP contribution in [0, 0.1) is 5.92 Å². The number of Topliss-reactive ketones (excluding diaryl/α,β-unsaturated/α-hetero) is 1. The SMILES string of the molecule is COCC(=O)Nc1cc(C(=O)N2CCCC(C(=O)c3nccn3C)C2)c2c(c1)nc(C1CCC1)n2C. The molecule has 2 fully saturated rings. The molecular formula is C26H32N6O4. The van der Waals surface area contributed by atoms with Crippen molar-refractivity contribution in [1.82, 2.24) is 24.0 Å². The summed E-state index contributed by atoms with van der Waals surface area (Å²) in [4.78, 5) is 50.1. The molecule has 2 amide bonds. The number of imidazole rings is 2. The van der Waals surface area contributed by atoms with Crippen LogP contribution in [0.4, 0.5) is 5.69 Å². The van der Waals surface area contributed by atoms with Crippen LogP contribution in [0.3, 0.4) is 0 Å². The zero-order valence-corrected chi connectivity index (χ0v) is 21.0. The Bertz CT molecular complexity index is 1320. The summed E-state index contributed by atoms with van der Waals surface area (Å²) in [7, 11) is 5.21. The monoisotopic (exact) mass is 492 g/mol. The van der Waals surface area contributed by atoms with Crippen LogP contribution < -0.4 is 5.32 Å². The zero-order valence-electron chi connectivity index (χ0n) is 21.0. The number of likely N-dealkylation sites (tertiary alicyclic amines) is 1. The number of hydrogen-bond donors (Lipinski definition) is 1. The number of nitrogens with one attached hydrogen (secondary N) is 1. The molecular weight excluding hydrogens is 460 g/mol. The Morgan fingerprint density at radius 1 is 1.14 bits per heavy atom. The highest BCUT2D eigenvalue weighted by Crippen LogP contribution is 2.38. The molecule has 1 atom stereocenters. The molecule has 1 aromatic carbocycles. The highest BCUT2D eigenvalue weighted by molar-refractivity contribution is 6.08. The van der Waals surface area contributed by atoms with Crippen molar-refractivity contribution in [2.24, 2.45) is 20.0 Å². The Morgan fingerprint density at radius 2 is 1.94 bits per heavy atom. The summed E-state index contributed by atoms with van der Waals surface area (Å²) >= 11 is 0. The summed E-state index contributed by atoms with van der Waals surface area (Å²) < 4.78 is 8.68. The number of hydrogen-bond acceptors (Lipinski definition) is 6. The van der Waals surface area contributed by atoms with Crippen LogP contribution >= 0.6 is 0 Å². The number of anilines is 1. The highest BCUT2D eigenvalue weighted by Gasteiger charge is 2.33. The van der Waals surface area contributed by atoms with Gasteiger partial charge in [0.2, 0.25) is 11.7 Å². The van der Waals surface area contributed by atoms with Gasteiger partial charge in [0.25, 0.3) is 5.91 Å². The molecule has 3 aromatic rings. The molecule has 0 radical (unpaired) electrons. The molecule has 1 saturated carbocycles. The maximum absolute atomic E-state index is 13.9. The zero-order chi connectivity index (χ0) is 25.4. The average Bonchev–Trinajstić information content (AvgIpc) is 3.40. The second-order valence-electron chi connectivity index (χ2n) is 9.85. The van der Waals surface area contributed by atoms with E-state index in [1.165, 1.54) is 13.5 Å². The van der Waals surface area contributed by atoms with Crippen LogP contribution in [0.1, 0.15) is 64.8 Å². The van der Waals surface area contributed by atoms with E-state index < -0.39 is 0 Å². The molecule has 1 aliphatic heterocycles. The van der Waals surface area contributed by atoms with E-state index in [4.69, 9.17) is 9.72 Å². The summed E-state index contributed by atoms with van der Waals surface area (Å²) in [6, 6.07) is 3.53. The number of nitrogens with zero attached hydrogens (tertiary/aromatic N) is 5. The van der Waals surface area contributed by atoms with Gasteiger partial charge in [-0.3, -0.25) is 14.4 Å². The minimum absolute atomic E-state index is 0.0430. The number of amides is 2. The van der Waals surface area contributed by atoms with Crippen LogP contribution in [0.5, 0.6) is 0 Å². The van der Waals surface area contributed by atoms with Crippen molar-refractivity contribution in [1.29, 1.82) is 0 Å². The Kier molecular flexibility index (Phi) is 6.61. The van der Waals surface area contributed by atoms with Crippen LogP contribution in [0.15, 0.2) is 24.5 Å². The van der Waals surface area contributed by atoms with E-state index in [0.29, 0.717) is 41.6 Å². The largest absolute Gasteiger partial charge is 0.375 e. The fourth-order valence-electron chi connectivity index (χ4n) is 5.30. The Morgan fingerprint density at radius 3 is 2.61 bits per heavy atom. The molecule has 1 N–H and O–H groups in total. The maximum Gasteiger partial charge on any atom is 0.256 e. The molecule has 0 spiro atoms. The van der Waals surface area contributed by atoms with Crippen molar-refractivity contribution in [3.05, 3.63) is 41.7 Å². The first kappa shape index (κ1) is 24.2. The van der Waals surface area contributed by atoms with Gasteiger partial charge in [0, 0.05) is 64.2 Å². The van der Waals surface area contributed by atoms with Crippen molar-refractivity contribution in [2.75, 3.05) is 32.1 Å². The van der Waals surface area contributed by atoms with Crippen LogP contribution in [0.2, 0.25) is 0 Å². The number of benzene rings is 1. The van der Waals surface area contributed by atoms with Crippen molar-refractivity contribution in [2.45, 2.75) is 38.0 Å². The van der Waals surface area contributed by atoms with E-state index in [1.54, 1.807) is 35.0 Å². The third kappa shape index (κ3) is 4.41. The molecule has 190 valence electrons. The molecule has 2 aromatic heterocycles. The van der Waals surface area contributed by atoms with E-state index in [-0.39, 0.29) is 30.1 Å². The minimum atomic E-state index is -0.305. The number of carbonyl (C=O) groups excluding carboxylic acids is 3. The van der Waals surface area contributed by atoms with Gasteiger partial charge in [0.1, 0.15) is 12.4 Å². The smallest absolute Gasteiger partial charge is 0.256 e. The van der Waals surface area contributed by atoms with E-state index in [9.17, 15) is 14.4 Å². The van der Waals surface area contributed by atoms with Crippen LogP contribution in [-0.2, 0) is 23.6 Å². The normalized spacial score (nSPS) is 18.3. The first-order chi connectivity index (χ1) is 17.4. The third-order valence-electron chi connectivity index (χ3n) is 7.38. The number of ether oxygens (including phenoxy) is 1. The quantitative estimate of drug-likeness (QED) is 0.508. The van der Waals surface area contributed by atoms with Gasteiger partial charge >= 0.3 is 0 Å². The van der Waals surface area contributed by atoms with E-state index in [2.05, 4.69) is 10.3 Å². The number of carbonyl (C=O) groups is 3. The molecule has 1 aliphatic carbocycles. The predicted octanol–water partition coefficient (Wildman–Crippen LogP) is 2.89. The van der Waals surface area contributed by atoms with Gasteiger partial charge in [0.05, 0.1) is 16.6 Å². The first-order valence-electron chi connectivity index (χ1n) is 12.5. The lowest BCUT2D eigenvalue weighted by Gasteiger charge is -2.32. The number of aromatic nitrogens is 4. The van der Waals surface area contributed by atoms with Crippen LogP contribution in [0.25, 0.3) is 11.0 Å². The third-order valence-corrected chi connectivity index (χ3v) is 7.38. The van der Waals surface area contributed by atoms with Gasteiger partial charge in [-0.05, 0) is 37.8 Å². The lowest BCUT2D eigenvalue weighted by atomic mass is 9.85. The lowest BCUT2D eigenvalue weighted by molar-refractivity contribution is -0.119. The second kappa shape index (κ2) is 9.85. The van der Waals surface area contributed by atoms with Gasteiger partial charge in [0.15, 0.2) is 5.82 Å². The Balaban J connectivity index is 1.49. The fourth-order valence-corrected chi connectivity index (χ4v) is 5.30. The Labute approximate surface area is 209 Å². The first-order valence-corrected chi connectivity index (χ1v) is 12.5. The average molecular weight is 493 g/mol. The number of ketones is 1. The minimum Gasteiger partial charge on any atom is -0.375 e. The number of methoxy groups -OCH3 is 1. The van der Waals surface area contributed by atoms with E-state index in [1.807, 2.05) is 17.7 Å². The lowest BCUT2D eigenvalue weighted by Crippen LogP contribution is -2.43. The van der Waals surface area contributed by atoms with Crippen molar-refractivity contribution < 1.29 is 19.1 Å². The Hall–Kier alpha value is -3.53. The summed E-state index contributed by atoms with van der Waals surface area (Å²) in [6.45, 7) is 0.817. The summed E-state index contributed by atoms with van der Waals surface area (Å²) in [5.74, 6) is 0.946. The summed E-state index contributed by atoms with van der Waals surface area (Å²) in [5.41, 5.74) is 2.41. The fraction of sp³-hybridized carbons (Fsp3) is 0.500. The van der Waals surface area contributed by atoms with Gasteiger partial charge in [-0.15, -0.1) is 0 Å². The maximum atomic E-state index is 13.9. The van der Waals surface area contributed by atoms with E-state index in [0.717, 1.165) is 37.0 Å². The van der Waals surface area contributed by atoms with Crippen LogP contribution in [-0.4, -0.2) is 68.4 Å². The number of aryl methyl sites for hydroxylation is 2.